The van der Waals surface area contributed by atoms with Crippen LogP contribution >= 0.6 is 34.8 Å². The number of hydrogen-bond donors (Lipinski definition) is 2. The average Bonchev–Trinajstić information content (AvgIpc) is 2.60. The molecule has 2 rings (SSSR count). The second-order valence-corrected chi connectivity index (χ2v) is 8.58. The van der Waals surface area contributed by atoms with Crippen molar-refractivity contribution < 1.29 is 13.2 Å². The van der Waals surface area contributed by atoms with Gasteiger partial charge in [0.15, 0.2) is 0 Å². The van der Waals surface area contributed by atoms with Crippen molar-refractivity contribution >= 4 is 44.8 Å². The molecule has 2 aromatic carbocycles. The molecule has 10 heteroatoms. The molecule has 0 unspecified atom stereocenters. The maximum absolute atomic E-state index is 12.3. The van der Waals surface area contributed by atoms with Gasteiger partial charge >= 0.3 is 0 Å². The maximum atomic E-state index is 12.3. The van der Waals surface area contributed by atoms with Crippen LogP contribution in [-0.4, -0.2) is 27.6 Å². The summed E-state index contributed by atoms with van der Waals surface area (Å²) >= 11 is 17.7. The molecule has 0 bridgehead atoms. The summed E-state index contributed by atoms with van der Waals surface area (Å²) in [7, 11) is -3.78. The van der Waals surface area contributed by atoms with E-state index in [0.717, 1.165) is 0 Å². The van der Waals surface area contributed by atoms with Gasteiger partial charge in [0.2, 0.25) is 10.0 Å². The minimum absolute atomic E-state index is 0.0367. The van der Waals surface area contributed by atoms with Gasteiger partial charge in [-0.15, -0.1) is 0 Å². The molecule has 0 aliphatic rings. The molecule has 0 heterocycles. The molecule has 1 atom stereocenters. The largest absolute Gasteiger partial charge is 0.490 e. The Morgan fingerprint density at radius 3 is 2.56 bits per heavy atom. The quantitative estimate of drug-likeness (QED) is 0.642. The molecular formula is C17H16Cl3N3O3S. The number of benzene rings is 2. The molecule has 0 aliphatic heterocycles. The van der Waals surface area contributed by atoms with Crippen LogP contribution in [0.15, 0.2) is 41.3 Å². The standard InChI is InChI=1S/C17H16Cl3N3O3S/c18-12-2-4-17(15(20)8-12)27(24,25)23-6-5-13(22)10-26-16-7-11(9-21)1-3-14(16)19/h1-4,7-8,13,23H,5-6,10,22H2/t13-/m0/s1. The highest BCUT2D eigenvalue weighted by Gasteiger charge is 2.18. The van der Waals surface area contributed by atoms with Crippen molar-refractivity contribution in [3.05, 3.63) is 57.0 Å². The number of nitrogens with two attached hydrogens (primary N) is 1. The first-order valence-electron chi connectivity index (χ1n) is 7.75. The van der Waals surface area contributed by atoms with E-state index in [2.05, 4.69) is 4.72 Å². The van der Waals surface area contributed by atoms with Gasteiger partial charge in [-0.05, 0) is 42.8 Å². The molecule has 0 radical (unpaired) electrons. The number of nitrogens with zero attached hydrogens (tertiary/aromatic N) is 1. The predicted molar refractivity (Wildman–Crippen MR) is 106 cm³/mol. The fraction of sp³-hybridized carbons (Fsp3) is 0.235. The number of sulfonamides is 1. The minimum Gasteiger partial charge on any atom is -0.490 e. The van der Waals surface area contributed by atoms with E-state index in [-0.39, 0.29) is 23.1 Å². The van der Waals surface area contributed by atoms with Crippen molar-refractivity contribution in [2.45, 2.75) is 17.4 Å². The minimum atomic E-state index is -3.78. The van der Waals surface area contributed by atoms with Crippen LogP contribution < -0.4 is 15.2 Å². The van der Waals surface area contributed by atoms with E-state index in [4.69, 9.17) is 50.5 Å². The number of nitriles is 1. The molecule has 27 heavy (non-hydrogen) atoms. The second kappa shape index (κ2) is 9.60. The van der Waals surface area contributed by atoms with E-state index in [1.54, 1.807) is 12.1 Å². The molecule has 0 amide bonds. The van der Waals surface area contributed by atoms with Gasteiger partial charge in [0, 0.05) is 17.6 Å². The van der Waals surface area contributed by atoms with E-state index in [1.807, 2.05) is 6.07 Å². The van der Waals surface area contributed by atoms with E-state index in [1.165, 1.54) is 24.3 Å². The summed E-state index contributed by atoms with van der Waals surface area (Å²) in [6.45, 7) is 0.204. The second-order valence-electron chi connectivity index (χ2n) is 5.59. The monoisotopic (exact) mass is 447 g/mol. The Bertz CT molecular complexity index is 962. The summed E-state index contributed by atoms with van der Waals surface area (Å²) in [6.07, 6.45) is 0.319. The Balaban J connectivity index is 1.87. The average molecular weight is 449 g/mol. The zero-order chi connectivity index (χ0) is 20.0. The Morgan fingerprint density at radius 1 is 1.15 bits per heavy atom. The van der Waals surface area contributed by atoms with E-state index in [0.29, 0.717) is 27.8 Å². The third kappa shape index (κ3) is 6.25. The molecule has 0 saturated carbocycles. The highest BCUT2D eigenvalue weighted by molar-refractivity contribution is 7.89. The molecule has 3 N–H and O–H groups in total. The summed E-state index contributed by atoms with van der Waals surface area (Å²) < 4.78 is 32.5. The van der Waals surface area contributed by atoms with Crippen molar-refractivity contribution in [3.8, 4) is 11.8 Å². The third-order valence-electron chi connectivity index (χ3n) is 3.50. The zero-order valence-electron chi connectivity index (χ0n) is 14.0. The molecule has 2 aromatic rings. The number of rotatable bonds is 8. The van der Waals surface area contributed by atoms with Gasteiger partial charge in [0.1, 0.15) is 17.3 Å². The van der Waals surface area contributed by atoms with Crippen LogP contribution in [0.5, 0.6) is 5.75 Å². The molecule has 144 valence electrons. The predicted octanol–water partition coefficient (Wildman–Crippen LogP) is 3.59. The fourth-order valence-electron chi connectivity index (χ4n) is 2.11. The topological polar surface area (TPSA) is 105 Å². The van der Waals surface area contributed by atoms with E-state index < -0.39 is 16.1 Å². The van der Waals surface area contributed by atoms with Gasteiger partial charge in [-0.1, -0.05) is 34.8 Å². The maximum Gasteiger partial charge on any atom is 0.242 e. The fourth-order valence-corrected chi connectivity index (χ4v) is 4.10. The van der Waals surface area contributed by atoms with Gasteiger partial charge in [-0.2, -0.15) is 5.26 Å². The van der Waals surface area contributed by atoms with Gasteiger partial charge < -0.3 is 10.5 Å². The Morgan fingerprint density at radius 2 is 1.89 bits per heavy atom. The normalized spacial score (nSPS) is 12.4. The lowest BCUT2D eigenvalue weighted by Crippen LogP contribution is -2.34. The SMILES string of the molecule is N#Cc1ccc(Cl)c(OC[C@@H](N)CCNS(=O)(=O)c2ccc(Cl)cc2Cl)c1. The van der Waals surface area contributed by atoms with Crippen LogP contribution in [0.1, 0.15) is 12.0 Å². The Labute approximate surface area is 172 Å². The van der Waals surface area contributed by atoms with Gasteiger partial charge in [-0.25, -0.2) is 13.1 Å². The van der Waals surface area contributed by atoms with Crippen molar-refractivity contribution in [1.82, 2.24) is 4.72 Å². The van der Waals surface area contributed by atoms with Crippen LogP contribution in [-0.2, 0) is 10.0 Å². The molecule has 0 saturated heterocycles. The van der Waals surface area contributed by atoms with E-state index in [9.17, 15) is 8.42 Å². The van der Waals surface area contributed by atoms with Gasteiger partial charge in [0.25, 0.3) is 0 Å². The third-order valence-corrected chi connectivity index (χ3v) is 6.00. The van der Waals surface area contributed by atoms with Crippen LogP contribution in [0.2, 0.25) is 15.1 Å². The molecule has 6 nitrogen and oxygen atoms in total. The summed E-state index contributed by atoms with van der Waals surface area (Å²) in [5.41, 5.74) is 6.36. The van der Waals surface area contributed by atoms with Crippen molar-refractivity contribution in [2.75, 3.05) is 13.2 Å². The highest BCUT2D eigenvalue weighted by atomic mass is 35.5. The summed E-state index contributed by atoms with van der Waals surface area (Å²) in [4.78, 5) is -0.0570. The molecule has 0 fully saturated rings. The van der Waals surface area contributed by atoms with Crippen LogP contribution in [0.4, 0.5) is 0 Å². The van der Waals surface area contributed by atoms with Gasteiger partial charge in [-0.3, -0.25) is 0 Å². The number of halogens is 3. The number of nitrogens with one attached hydrogen (secondary N) is 1. The lowest BCUT2D eigenvalue weighted by Gasteiger charge is -2.15. The number of ether oxygens (including phenoxy) is 1. The first kappa shape index (κ1) is 21.8. The van der Waals surface area contributed by atoms with Crippen molar-refractivity contribution in [3.63, 3.8) is 0 Å². The van der Waals surface area contributed by atoms with Crippen LogP contribution in [0.3, 0.4) is 0 Å². The lowest BCUT2D eigenvalue weighted by atomic mass is 10.2. The van der Waals surface area contributed by atoms with Gasteiger partial charge in [0.05, 0.1) is 21.7 Å². The number of hydrogen-bond acceptors (Lipinski definition) is 5. The van der Waals surface area contributed by atoms with Crippen LogP contribution in [0.25, 0.3) is 0 Å². The van der Waals surface area contributed by atoms with Crippen LogP contribution in [0, 0.1) is 11.3 Å². The Kier molecular flexibility index (Phi) is 7.74. The van der Waals surface area contributed by atoms with E-state index >= 15 is 0 Å². The summed E-state index contributed by atoms with van der Waals surface area (Å²) in [5.74, 6) is 0.347. The molecule has 0 aromatic heterocycles. The first-order valence-corrected chi connectivity index (χ1v) is 10.4. The highest BCUT2D eigenvalue weighted by Crippen LogP contribution is 2.26. The molecule has 0 spiro atoms. The summed E-state index contributed by atoms with van der Waals surface area (Å²) in [5, 5.41) is 9.64. The Hall–Kier alpha value is -1.53. The lowest BCUT2D eigenvalue weighted by molar-refractivity contribution is 0.282. The van der Waals surface area contributed by atoms with Crippen molar-refractivity contribution in [1.29, 1.82) is 5.26 Å². The smallest absolute Gasteiger partial charge is 0.242 e. The van der Waals surface area contributed by atoms with Crippen molar-refractivity contribution in [2.24, 2.45) is 5.73 Å². The zero-order valence-corrected chi connectivity index (χ0v) is 17.0. The first-order chi connectivity index (χ1) is 12.7. The summed E-state index contributed by atoms with van der Waals surface area (Å²) in [6, 6.07) is 10.3. The molecular weight excluding hydrogens is 433 g/mol. The molecule has 0 aliphatic carbocycles.